The van der Waals surface area contributed by atoms with E-state index in [9.17, 15) is 9.18 Å². The van der Waals surface area contributed by atoms with Gasteiger partial charge >= 0.3 is 0 Å². The fourth-order valence-electron chi connectivity index (χ4n) is 0.961. The second-order valence-corrected chi connectivity index (χ2v) is 3.38. The summed E-state index contributed by atoms with van der Waals surface area (Å²) in [4.78, 5) is 15.1. The van der Waals surface area contributed by atoms with Crippen molar-refractivity contribution >= 4 is 22.4 Å². The number of carbonyl (C=O) groups is 1. The summed E-state index contributed by atoms with van der Waals surface area (Å²) in [6, 6.07) is 1.30. The molecule has 0 bridgehead atoms. The van der Waals surface area contributed by atoms with Crippen molar-refractivity contribution in [2.75, 3.05) is 5.32 Å². The van der Waals surface area contributed by atoms with Gasteiger partial charge in [-0.15, -0.1) is 5.10 Å². The molecule has 0 fully saturated rings. The van der Waals surface area contributed by atoms with Crippen LogP contribution in [0.15, 0.2) is 24.7 Å². The number of hydrogen-bond acceptors (Lipinski definition) is 5. The van der Waals surface area contributed by atoms with Crippen molar-refractivity contribution in [1.29, 1.82) is 0 Å². The van der Waals surface area contributed by atoms with Crippen LogP contribution < -0.4 is 5.32 Å². The normalized spacial score (nSPS) is 9.93. The zero-order valence-corrected chi connectivity index (χ0v) is 8.16. The summed E-state index contributed by atoms with van der Waals surface area (Å²) in [7, 11) is 0. The lowest BCUT2D eigenvalue weighted by Gasteiger charge is -2.01. The number of carbonyl (C=O) groups excluding carboxylic acids is 1. The van der Waals surface area contributed by atoms with Gasteiger partial charge in [0.25, 0.3) is 5.91 Å². The molecule has 15 heavy (non-hydrogen) atoms. The van der Waals surface area contributed by atoms with E-state index >= 15 is 0 Å². The molecule has 0 aliphatic heterocycles. The summed E-state index contributed by atoms with van der Waals surface area (Å²) < 4.78 is 16.7. The van der Waals surface area contributed by atoms with E-state index in [4.69, 9.17) is 0 Å². The smallest absolute Gasteiger partial charge is 0.259 e. The number of anilines is 1. The quantitative estimate of drug-likeness (QED) is 0.835. The number of pyridine rings is 1. The monoisotopic (exact) mass is 224 g/mol. The molecule has 76 valence electrons. The molecule has 0 spiro atoms. The molecular weight excluding hydrogens is 219 g/mol. The van der Waals surface area contributed by atoms with Gasteiger partial charge in [-0.2, -0.15) is 0 Å². The summed E-state index contributed by atoms with van der Waals surface area (Å²) in [5, 5.41) is 6.47. The van der Waals surface area contributed by atoms with Crippen LogP contribution in [0.3, 0.4) is 0 Å². The van der Waals surface area contributed by atoms with Crippen LogP contribution >= 0.6 is 11.5 Å². The van der Waals surface area contributed by atoms with Gasteiger partial charge in [0.2, 0.25) is 0 Å². The lowest BCUT2D eigenvalue weighted by Crippen LogP contribution is -2.12. The highest BCUT2D eigenvalue weighted by Crippen LogP contribution is 2.12. The SMILES string of the molecule is O=C(Nc1cnns1)c1ccncc1F. The average Bonchev–Trinajstić information content (AvgIpc) is 2.71. The molecule has 0 radical (unpaired) electrons. The van der Waals surface area contributed by atoms with E-state index < -0.39 is 11.7 Å². The van der Waals surface area contributed by atoms with Gasteiger partial charge in [-0.1, -0.05) is 4.49 Å². The van der Waals surface area contributed by atoms with Gasteiger partial charge in [0, 0.05) is 17.7 Å². The first-order valence-corrected chi connectivity index (χ1v) is 4.73. The molecule has 5 nitrogen and oxygen atoms in total. The fourth-order valence-corrected chi connectivity index (χ4v) is 1.38. The van der Waals surface area contributed by atoms with Crippen LogP contribution in [-0.2, 0) is 0 Å². The molecule has 0 aromatic carbocycles. The Hall–Kier alpha value is -1.89. The maximum atomic E-state index is 13.1. The summed E-state index contributed by atoms with van der Waals surface area (Å²) >= 11 is 1.02. The second-order valence-electron chi connectivity index (χ2n) is 2.59. The third-order valence-electron chi connectivity index (χ3n) is 1.62. The standard InChI is InChI=1S/C8H5FN4OS/c9-6-3-10-2-1-5(6)8(14)12-7-4-11-13-15-7/h1-4H,(H,12,14). The zero-order valence-electron chi connectivity index (χ0n) is 7.35. The van der Waals surface area contributed by atoms with Crippen molar-refractivity contribution in [2.45, 2.75) is 0 Å². The van der Waals surface area contributed by atoms with Crippen molar-refractivity contribution in [1.82, 2.24) is 14.6 Å². The third kappa shape index (κ3) is 2.13. The van der Waals surface area contributed by atoms with Gasteiger partial charge in [-0.05, 0) is 6.07 Å². The predicted octanol–water partition coefficient (Wildman–Crippen LogP) is 1.32. The Morgan fingerprint density at radius 2 is 2.33 bits per heavy atom. The van der Waals surface area contributed by atoms with Crippen molar-refractivity contribution in [3.8, 4) is 0 Å². The molecule has 0 atom stereocenters. The van der Waals surface area contributed by atoms with Gasteiger partial charge < -0.3 is 5.32 Å². The first kappa shape index (κ1) is 9.66. The molecule has 0 aliphatic rings. The number of nitrogens with one attached hydrogen (secondary N) is 1. The second kappa shape index (κ2) is 4.09. The van der Waals surface area contributed by atoms with Crippen LogP contribution in [0.2, 0.25) is 0 Å². The highest BCUT2D eigenvalue weighted by atomic mass is 32.1. The summed E-state index contributed by atoms with van der Waals surface area (Å²) in [5.74, 6) is -1.20. The molecule has 7 heteroatoms. The molecule has 0 aliphatic carbocycles. The van der Waals surface area contributed by atoms with E-state index in [1.807, 2.05) is 0 Å². The van der Waals surface area contributed by atoms with Crippen molar-refractivity contribution in [3.05, 3.63) is 36.0 Å². The Morgan fingerprint density at radius 3 is 3.00 bits per heavy atom. The highest BCUT2D eigenvalue weighted by molar-refractivity contribution is 7.10. The molecule has 2 aromatic heterocycles. The van der Waals surface area contributed by atoms with E-state index in [1.54, 1.807) is 0 Å². The number of aromatic nitrogens is 3. The predicted molar refractivity (Wildman–Crippen MR) is 52.1 cm³/mol. The van der Waals surface area contributed by atoms with Crippen LogP contribution in [0.5, 0.6) is 0 Å². The topological polar surface area (TPSA) is 67.8 Å². The van der Waals surface area contributed by atoms with Gasteiger partial charge in [-0.3, -0.25) is 9.78 Å². The summed E-state index contributed by atoms with van der Waals surface area (Å²) in [5.41, 5.74) is -0.0570. The fraction of sp³-hybridized carbons (Fsp3) is 0. The van der Waals surface area contributed by atoms with Crippen LogP contribution in [0.25, 0.3) is 0 Å². The minimum Gasteiger partial charge on any atom is -0.311 e. The molecule has 0 saturated heterocycles. The third-order valence-corrected chi connectivity index (χ3v) is 2.20. The minimum absolute atomic E-state index is 0.0570. The van der Waals surface area contributed by atoms with Crippen LogP contribution in [0.1, 0.15) is 10.4 Å². The van der Waals surface area contributed by atoms with Crippen LogP contribution in [0.4, 0.5) is 9.39 Å². The average molecular weight is 224 g/mol. The van der Waals surface area contributed by atoms with E-state index in [0.717, 1.165) is 17.7 Å². The number of amides is 1. The van der Waals surface area contributed by atoms with E-state index in [0.29, 0.717) is 5.00 Å². The Bertz CT molecular complexity index is 473. The lowest BCUT2D eigenvalue weighted by atomic mass is 10.2. The van der Waals surface area contributed by atoms with Gasteiger partial charge in [0.15, 0.2) is 5.82 Å². The number of rotatable bonds is 2. The number of hydrogen-bond donors (Lipinski definition) is 1. The summed E-state index contributed by atoms with van der Waals surface area (Å²) in [6.07, 6.45) is 3.73. The number of halogens is 1. The van der Waals surface area contributed by atoms with E-state index in [1.165, 1.54) is 18.5 Å². The Kier molecular flexibility index (Phi) is 2.64. The van der Waals surface area contributed by atoms with Crippen molar-refractivity contribution in [2.24, 2.45) is 0 Å². The van der Waals surface area contributed by atoms with E-state index in [2.05, 4.69) is 19.9 Å². The summed E-state index contributed by atoms with van der Waals surface area (Å²) in [6.45, 7) is 0. The van der Waals surface area contributed by atoms with Crippen molar-refractivity contribution in [3.63, 3.8) is 0 Å². The molecule has 1 amide bonds. The highest BCUT2D eigenvalue weighted by Gasteiger charge is 2.11. The Morgan fingerprint density at radius 1 is 1.47 bits per heavy atom. The van der Waals surface area contributed by atoms with E-state index in [-0.39, 0.29) is 5.56 Å². The molecule has 2 rings (SSSR count). The van der Waals surface area contributed by atoms with Gasteiger partial charge in [0.05, 0.1) is 18.0 Å². The van der Waals surface area contributed by atoms with Crippen LogP contribution in [0, 0.1) is 5.82 Å². The first-order valence-electron chi connectivity index (χ1n) is 3.95. The molecule has 0 saturated carbocycles. The molecule has 1 N–H and O–H groups in total. The Labute approximate surface area is 88.1 Å². The van der Waals surface area contributed by atoms with Crippen LogP contribution in [-0.4, -0.2) is 20.5 Å². The maximum absolute atomic E-state index is 13.1. The lowest BCUT2D eigenvalue weighted by molar-refractivity contribution is 0.102. The molecule has 2 aromatic rings. The molecular formula is C8H5FN4OS. The van der Waals surface area contributed by atoms with Crippen molar-refractivity contribution < 1.29 is 9.18 Å². The minimum atomic E-state index is -0.660. The molecule has 0 unspecified atom stereocenters. The first-order chi connectivity index (χ1) is 7.27. The van der Waals surface area contributed by atoms with Gasteiger partial charge in [0.1, 0.15) is 5.00 Å². The largest absolute Gasteiger partial charge is 0.311 e. The van der Waals surface area contributed by atoms with Gasteiger partial charge in [-0.25, -0.2) is 4.39 Å². The maximum Gasteiger partial charge on any atom is 0.259 e. The number of nitrogens with zero attached hydrogens (tertiary/aromatic N) is 3. The molecule has 2 heterocycles. The zero-order chi connectivity index (χ0) is 10.7. The Balaban J connectivity index is 2.19.